The molecule has 0 saturated heterocycles. The van der Waals surface area contributed by atoms with E-state index in [1.54, 1.807) is 18.2 Å². The number of ketones is 1. The van der Waals surface area contributed by atoms with E-state index >= 15 is 0 Å². The predicted octanol–water partition coefficient (Wildman–Crippen LogP) is 3.29. The van der Waals surface area contributed by atoms with Crippen molar-refractivity contribution in [1.82, 2.24) is 10.2 Å². The third-order valence-electron chi connectivity index (χ3n) is 5.51. The van der Waals surface area contributed by atoms with Crippen LogP contribution >= 0.6 is 0 Å². The van der Waals surface area contributed by atoms with Gasteiger partial charge in [0.05, 0.1) is 19.6 Å². The SMILES string of the molecule is CCc1ccc2oc(C(=O)NCCCN(C)C)c(C(=O)c3ccc(OC)c(OC)c3)c(=O)c2c1. The molecule has 8 heteroatoms. The highest BCUT2D eigenvalue weighted by Gasteiger charge is 2.27. The van der Waals surface area contributed by atoms with Gasteiger partial charge in [0.25, 0.3) is 5.91 Å². The van der Waals surface area contributed by atoms with E-state index in [1.807, 2.05) is 32.0 Å². The average molecular weight is 467 g/mol. The van der Waals surface area contributed by atoms with Crippen molar-refractivity contribution in [2.75, 3.05) is 41.4 Å². The van der Waals surface area contributed by atoms with Crippen LogP contribution in [0.1, 0.15) is 45.4 Å². The van der Waals surface area contributed by atoms with Gasteiger partial charge < -0.3 is 24.1 Å². The third kappa shape index (κ3) is 5.28. The Balaban J connectivity index is 2.12. The number of hydrogen-bond acceptors (Lipinski definition) is 7. The first-order chi connectivity index (χ1) is 16.3. The number of carbonyl (C=O) groups is 2. The van der Waals surface area contributed by atoms with Crippen LogP contribution in [0, 0.1) is 0 Å². The smallest absolute Gasteiger partial charge is 0.287 e. The summed E-state index contributed by atoms with van der Waals surface area (Å²) in [5.41, 5.74) is 0.500. The maximum Gasteiger partial charge on any atom is 0.287 e. The molecule has 3 rings (SSSR count). The third-order valence-corrected chi connectivity index (χ3v) is 5.51. The van der Waals surface area contributed by atoms with Crippen molar-refractivity contribution in [3.63, 3.8) is 0 Å². The van der Waals surface area contributed by atoms with Gasteiger partial charge in [-0.2, -0.15) is 0 Å². The van der Waals surface area contributed by atoms with Gasteiger partial charge in [-0.25, -0.2) is 0 Å². The molecule has 1 N–H and O–H groups in total. The van der Waals surface area contributed by atoms with Crippen molar-refractivity contribution in [2.45, 2.75) is 19.8 Å². The molecule has 0 aliphatic carbocycles. The Kier molecular flexibility index (Phi) is 8.07. The molecule has 8 nitrogen and oxygen atoms in total. The second kappa shape index (κ2) is 11.0. The molecule has 2 aromatic carbocycles. The topological polar surface area (TPSA) is 98.1 Å². The van der Waals surface area contributed by atoms with Crippen LogP contribution in [0.25, 0.3) is 11.0 Å². The summed E-state index contributed by atoms with van der Waals surface area (Å²) in [5, 5.41) is 3.02. The summed E-state index contributed by atoms with van der Waals surface area (Å²) in [4.78, 5) is 42.1. The number of aryl methyl sites for hydroxylation is 1. The molecule has 0 atom stereocenters. The number of nitrogens with one attached hydrogen (secondary N) is 1. The van der Waals surface area contributed by atoms with Gasteiger partial charge in [0.15, 0.2) is 11.5 Å². The molecule has 0 spiro atoms. The van der Waals surface area contributed by atoms with Gasteiger partial charge >= 0.3 is 0 Å². The Morgan fingerprint density at radius 1 is 1.03 bits per heavy atom. The summed E-state index contributed by atoms with van der Waals surface area (Å²) in [5.74, 6) is -0.762. The number of hydrogen-bond donors (Lipinski definition) is 1. The molecule has 0 bridgehead atoms. The first-order valence-corrected chi connectivity index (χ1v) is 11.1. The van der Waals surface area contributed by atoms with E-state index in [0.29, 0.717) is 30.9 Å². The van der Waals surface area contributed by atoms with Gasteiger partial charge in [-0.05, 0) is 69.4 Å². The van der Waals surface area contributed by atoms with Crippen molar-refractivity contribution in [2.24, 2.45) is 0 Å². The monoisotopic (exact) mass is 466 g/mol. The second-order valence-corrected chi connectivity index (χ2v) is 8.13. The summed E-state index contributed by atoms with van der Waals surface area (Å²) < 4.78 is 16.4. The molecular formula is C26H30N2O6. The highest BCUT2D eigenvalue weighted by Crippen LogP contribution is 2.29. The molecule has 1 amide bonds. The summed E-state index contributed by atoms with van der Waals surface area (Å²) in [6.07, 6.45) is 1.41. The molecule has 1 aromatic heterocycles. The number of carbonyl (C=O) groups excluding carboxylic acids is 2. The van der Waals surface area contributed by atoms with Crippen LogP contribution < -0.4 is 20.2 Å². The van der Waals surface area contributed by atoms with E-state index < -0.39 is 17.1 Å². The molecule has 0 aliphatic heterocycles. The Morgan fingerprint density at radius 3 is 2.41 bits per heavy atom. The van der Waals surface area contributed by atoms with Crippen molar-refractivity contribution < 1.29 is 23.5 Å². The van der Waals surface area contributed by atoms with Crippen LogP contribution in [0.4, 0.5) is 0 Å². The van der Waals surface area contributed by atoms with Crippen LogP contribution in [0.2, 0.25) is 0 Å². The highest BCUT2D eigenvalue weighted by atomic mass is 16.5. The summed E-state index contributed by atoms with van der Waals surface area (Å²) in [7, 11) is 6.82. The van der Waals surface area contributed by atoms with Crippen molar-refractivity contribution >= 4 is 22.7 Å². The zero-order valence-corrected chi connectivity index (χ0v) is 20.2. The Bertz CT molecular complexity index is 1260. The van der Waals surface area contributed by atoms with E-state index in [1.165, 1.54) is 26.4 Å². The van der Waals surface area contributed by atoms with Gasteiger partial charge in [0.1, 0.15) is 11.1 Å². The number of ether oxygens (including phenoxy) is 2. The molecule has 180 valence electrons. The van der Waals surface area contributed by atoms with E-state index in [2.05, 4.69) is 5.32 Å². The lowest BCUT2D eigenvalue weighted by Crippen LogP contribution is -2.31. The average Bonchev–Trinajstić information content (AvgIpc) is 2.85. The van der Waals surface area contributed by atoms with Gasteiger partial charge in [0.2, 0.25) is 17.0 Å². The van der Waals surface area contributed by atoms with E-state index in [0.717, 1.165) is 12.1 Å². The van der Waals surface area contributed by atoms with Crippen LogP contribution in [0.15, 0.2) is 45.6 Å². The fourth-order valence-electron chi connectivity index (χ4n) is 3.63. The molecule has 1 heterocycles. The summed E-state index contributed by atoms with van der Waals surface area (Å²) in [6, 6.07) is 9.76. The molecular weight excluding hydrogens is 436 g/mol. The van der Waals surface area contributed by atoms with Gasteiger partial charge in [0, 0.05) is 12.1 Å². The number of fused-ring (bicyclic) bond motifs is 1. The van der Waals surface area contributed by atoms with E-state index in [4.69, 9.17) is 13.9 Å². The standard InChI is InChI=1S/C26H30N2O6/c1-6-16-8-10-19-18(14-16)24(30)22(25(34-19)26(31)27-12-7-13-28(2)3)23(29)17-9-11-20(32-4)21(15-17)33-5/h8-11,14-15H,6-7,12-13H2,1-5H3,(H,27,31). The molecule has 0 fully saturated rings. The summed E-state index contributed by atoms with van der Waals surface area (Å²) >= 11 is 0. The predicted molar refractivity (Wildman–Crippen MR) is 130 cm³/mol. The number of benzene rings is 2. The minimum Gasteiger partial charge on any atom is -0.493 e. The van der Waals surface area contributed by atoms with Gasteiger partial charge in [-0.15, -0.1) is 0 Å². The van der Waals surface area contributed by atoms with Crippen LogP contribution in [-0.4, -0.2) is 58.0 Å². The van der Waals surface area contributed by atoms with Gasteiger partial charge in [-0.3, -0.25) is 14.4 Å². The fraction of sp³-hybridized carbons (Fsp3) is 0.346. The summed E-state index contributed by atoms with van der Waals surface area (Å²) in [6.45, 7) is 3.12. The molecule has 0 aliphatic rings. The molecule has 34 heavy (non-hydrogen) atoms. The fourth-order valence-corrected chi connectivity index (χ4v) is 3.63. The molecule has 3 aromatic rings. The lowest BCUT2D eigenvalue weighted by atomic mass is 9.98. The van der Waals surface area contributed by atoms with Crippen LogP contribution in [0.3, 0.4) is 0 Å². The molecule has 0 radical (unpaired) electrons. The molecule has 0 saturated carbocycles. The Labute approximate surface area is 198 Å². The first-order valence-electron chi connectivity index (χ1n) is 11.1. The van der Waals surface area contributed by atoms with Crippen LogP contribution in [0.5, 0.6) is 11.5 Å². The van der Waals surface area contributed by atoms with Gasteiger partial charge in [-0.1, -0.05) is 13.0 Å². The molecule has 0 unspecified atom stereocenters. The quantitative estimate of drug-likeness (QED) is 0.362. The lowest BCUT2D eigenvalue weighted by molar-refractivity contribution is 0.0912. The minimum absolute atomic E-state index is 0.178. The lowest BCUT2D eigenvalue weighted by Gasteiger charge is -2.13. The Morgan fingerprint density at radius 2 is 1.76 bits per heavy atom. The zero-order chi connectivity index (χ0) is 24.8. The number of nitrogens with zero attached hydrogens (tertiary/aromatic N) is 1. The highest BCUT2D eigenvalue weighted by molar-refractivity contribution is 6.15. The number of rotatable bonds is 10. The van der Waals surface area contributed by atoms with Crippen LogP contribution in [-0.2, 0) is 6.42 Å². The van der Waals surface area contributed by atoms with E-state index in [9.17, 15) is 14.4 Å². The zero-order valence-electron chi connectivity index (χ0n) is 20.2. The number of methoxy groups -OCH3 is 2. The maximum absolute atomic E-state index is 13.5. The second-order valence-electron chi connectivity index (χ2n) is 8.13. The largest absolute Gasteiger partial charge is 0.493 e. The van der Waals surface area contributed by atoms with Crippen molar-refractivity contribution in [1.29, 1.82) is 0 Å². The minimum atomic E-state index is -0.628. The Hall–Kier alpha value is -3.65. The number of amides is 1. The van der Waals surface area contributed by atoms with E-state index in [-0.39, 0.29) is 27.9 Å². The normalized spacial score (nSPS) is 11.0. The van der Waals surface area contributed by atoms with Crippen molar-refractivity contribution in [3.05, 3.63) is 69.1 Å². The maximum atomic E-state index is 13.5. The first kappa shape index (κ1) is 25.0. The van der Waals surface area contributed by atoms with Crippen molar-refractivity contribution in [3.8, 4) is 11.5 Å².